The maximum absolute atomic E-state index is 9.46. The van der Waals surface area contributed by atoms with Gasteiger partial charge in [-0.15, -0.1) is 11.3 Å². The Balaban J connectivity index is 1.50. The van der Waals surface area contributed by atoms with Gasteiger partial charge >= 0.3 is 0 Å². The smallest absolute Gasteiger partial charge is 0.123 e. The molecule has 1 N–H and O–H groups in total. The first kappa shape index (κ1) is 15.3. The first-order valence-electron chi connectivity index (χ1n) is 8.62. The van der Waals surface area contributed by atoms with Crippen LogP contribution in [0.4, 0.5) is 0 Å². The Hall–Kier alpha value is -1.23. The predicted molar refractivity (Wildman–Crippen MR) is 94.4 cm³/mol. The summed E-state index contributed by atoms with van der Waals surface area (Å²) >= 11 is 1.83. The van der Waals surface area contributed by atoms with Crippen molar-refractivity contribution < 1.29 is 5.11 Å². The normalized spacial score (nSPS) is 27.5. The number of fused-ring (bicyclic) bond motifs is 2. The number of aromatic nitrogens is 1. The average Bonchev–Trinajstić information content (AvgIpc) is 3.10. The highest BCUT2D eigenvalue weighted by Crippen LogP contribution is 2.40. The zero-order valence-corrected chi connectivity index (χ0v) is 14.4. The van der Waals surface area contributed by atoms with E-state index < -0.39 is 0 Å². The number of hydrogen-bond donors (Lipinski definition) is 1. The summed E-state index contributed by atoms with van der Waals surface area (Å²) in [6, 6.07) is 9.80. The van der Waals surface area contributed by atoms with E-state index in [2.05, 4.69) is 47.3 Å². The number of thiazole rings is 1. The van der Waals surface area contributed by atoms with Crippen molar-refractivity contribution in [2.45, 2.75) is 51.2 Å². The third-order valence-electron chi connectivity index (χ3n) is 5.51. The number of piperidine rings is 1. The highest BCUT2D eigenvalue weighted by atomic mass is 32.1. The van der Waals surface area contributed by atoms with Gasteiger partial charge in [-0.1, -0.05) is 24.3 Å². The lowest BCUT2D eigenvalue weighted by Gasteiger charge is -2.38. The van der Waals surface area contributed by atoms with Crippen molar-refractivity contribution in [3.8, 4) is 10.6 Å². The molecule has 4 rings (SSSR count). The third kappa shape index (κ3) is 2.95. The van der Waals surface area contributed by atoms with Crippen LogP contribution in [-0.2, 0) is 6.54 Å². The largest absolute Gasteiger partial charge is 0.396 e. The molecule has 3 nitrogen and oxygen atoms in total. The summed E-state index contributed by atoms with van der Waals surface area (Å²) in [7, 11) is 0. The van der Waals surface area contributed by atoms with Crippen LogP contribution in [0.3, 0.4) is 0 Å². The number of rotatable bonds is 4. The molecule has 2 aromatic rings. The van der Waals surface area contributed by atoms with Gasteiger partial charge in [-0.3, -0.25) is 4.90 Å². The number of hydrogen-bond acceptors (Lipinski definition) is 4. The van der Waals surface area contributed by atoms with E-state index >= 15 is 0 Å². The summed E-state index contributed by atoms with van der Waals surface area (Å²) in [5, 5.41) is 10.6. The molecule has 0 amide bonds. The van der Waals surface area contributed by atoms with Gasteiger partial charge in [0.05, 0.1) is 0 Å². The number of aliphatic hydroxyl groups excluding tert-OH is 1. The van der Waals surface area contributed by atoms with Gasteiger partial charge in [-0.05, 0) is 44.1 Å². The third-order valence-corrected chi connectivity index (χ3v) is 6.52. The van der Waals surface area contributed by atoms with E-state index in [1.54, 1.807) is 0 Å². The van der Waals surface area contributed by atoms with E-state index in [0.29, 0.717) is 24.6 Å². The molecule has 3 atom stereocenters. The minimum Gasteiger partial charge on any atom is -0.396 e. The molecule has 4 heteroatoms. The number of nitrogens with zero attached hydrogens (tertiary/aromatic N) is 2. The number of aryl methyl sites for hydroxylation is 1. The molecule has 2 fully saturated rings. The Morgan fingerprint density at radius 2 is 1.96 bits per heavy atom. The molecular weight excluding hydrogens is 304 g/mol. The molecule has 1 aromatic heterocycles. The van der Waals surface area contributed by atoms with E-state index in [1.165, 1.54) is 28.8 Å². The molecule has 2 saturated heterocycles. The van der Waals surface area contributed by atoms with Crippen molar-refractivity contribution in [1.82, 2.24) is 9.88 Å². The molecule has 2 aliphatic heterocycles. The summed E-state index contributed by atoms with van der Waals surface area (Å²) in [5.74, 6) is 0.521. The van der Waals surface area contributed by atoms with Crippen LogP contribution in [0.2, 0.25) is 0 Å². The SMILES string of the molecule is Cc1ccccc1-c1ncc(CN2[C@@H]3CC[C@H]2CC(CO)C3)s1. The lowest BCUT2D eigenvalue weighted by molar-refractivity contribution is 0.0690. The van der Waals surface area contributed by atoms with Crippen molar-refractivity contribution in [2.24, 2.45) is 5.92 Å². The molecule has 1 unspecified atom stereocenters. The topological polar surface area (TPSA) is 36.4 Å². The molecular formula is C19H24N2OS. The second-order valence-electron chi connectivity index (χ2n) is 7.02. The molecule has 0 aliphatic carbocycles. The molecule has 3 heterocycles. The number of benzene rings is 1. The maximum atomic E-state index is 9.46. The van der Waals surface area contributed by atoms with E-state index in [1.807, 2.05) is 11.3 Å². The molecule has 0 spiro atoms. The lowest BCUT2D eigenvalue weighted by atomic mass is 9.91. The van der Waals surface area contributed by atoms with Gasteiger partial charge in [0.25, 0.3) is 0 Å². The van der Waals surface area contributed by atoms with Gasteiger partial charge in [-0.25, -0.2) is 4.98 Å². The van der Waals surface area contributed by atoms with Gasteiger partial charge < -0.3 is 5.11 Å². The Kier molecular flexibility index (Phi) is 4.22. The fraction of sp³-hybridized carbons (Fsp3) is 0.526. The fourth-order valence-corrected chi connectivity index (χ4v) is 5.30. The summed E-state index contributed by atoms with van der Waals surface area (Å²) in [4.78, 5) is 8.70. The Morgan fingerprint density at radius 3 is 2.65 bits per heavy atom. The van der Waals surface area contributed by atoms with E-state index in [9.17, 15) is 5.11 Å². The Bertz CT molecular complexity index is 670. The monoisotopic (exact) mass is 328 g/mol. The van der Waals surface area contributed by atoms with Crippen LogP contribution in [0.5, 0.6) is 0 Å². The van der Waals surface area contributed by atoms with Crippen LogP contribution in [0.25, 0.3) is 10.6 Å². The van der Waals surface area contributed by atoms with Crippen molar-refractivity contribution in [3.63, 3.8) is 0 Å². The quantitative estimate of drug-likeness (QED) is 0.926. The summed E-state index contributed by atoms with van der Waals surface area (Å²) < 4.78 is 0. The first-order chi connectivity index (χ1) is 11.2. The second-order valence-corrected chi connectivity index (χ2v) is 8.14. The van der Waals surface area contributed by atoms with Gasteiger partial charge in [0.2, 0.25) is 0 Å². The van der Waals surface area contributed by atoms with E-state index in [-0.39, 0.29) is 0 Å². The van der Waals surface area contributed by atoms with Gasteiger partial charge in [0.15, 0.2) is 0 Å². The van der Waals surface area contributed by atoms with Crippen LogP contribution >= 0.6 is 11.3 Å². The molecule has 0 radical (unpaired) electrons. The second kappa shape index (κ2) is 6.34. The van der Waals surface area contributed by atoms with E-state index in [0.717, 1.165) is 24.4 Å². The number of aliphatic hydroxyl groups is 1. The average molecular weight is 328 g/mol. The van der Waals surface area contributed by atoms with Crippen LogP contribution in [-0.4, -0.2) is 33.7 Å². The van der Waals surface area contributed by atoms with Gasteiger partial charge in [0.1, 0.15) is 5.01 Å². The summed E-state index contributed by atoms with van der Waals surface area (Å²) in [6.45, 7) is 3.53. The predicted octanol–water partition coefficient (Wildman–Crippen LogP) is 3.85. The van der Waals surface area contributed by atoms with Gasteiger partial charge in [-0.2, -0.15) is 0 Å². The lowest BCUT2D eigenvalue weighted by Crippen LogP contribution is -2.42. The van der Waals surface area contributed by atoms with Crippen molar-refractivity contribution >= 4 is 11.3 Å². The molecule has 23 heavy (non-hydrogen) atoms. The van der Waals surface area contributed by atoms with Gasteiger partial charge in [0, 0.05) is 41.9 Å². The molecule has 1 aromatic carbocycles. The summed E-state index contributed by atoms with van der Waals surface area (Å²) in [6.07, 6.45) is 6.98. The molecule has 0 saturated carbocycles. The van der Waals surface area contributed by atoms with Crippen LogP contribution < -0.4 is 0 Å². The Morgan fingerprint density at radius 1 is 1.22 bits per heavy atom. The van der Waals surface area contributed by atoms with Crippen molar-refractivity contribution in [2.75, 3.05) is 6.61 Å². The minimum atomic E-state index is 0.360. The highest BCUT2D eigenvalue weighted by Gasteiger charge is 2.40. The van der Waals surface area contributed by atoms with E-state index in [4.69, 9.17) is 0 Å². The van der Waals surface area contributed by atoms with Crippen LogP contribution in [0, 0.1) is 12.8 Å². The van der Waals surface area contributed by atoms with Crippen LogP contribution in [0.1, 0.15) is 36.1 Å². The Labute approximate surface area is 142 Å². The first-order valence-corrected chi connectivity index (χ1v) is 9.43. The highest BCUT2D eigenvalue weighted by molar-refractivity contribution is 7.15. The minimum absolute atomic E-state index is 0.360. The molecule has 122 valence electrons. The van der Waals surface area contributed by atoms with Crippen LogP contribution in [0.15, 0.2) is 30.5 Å². The fourth-order valence-electron chi connectivity index (χ4n) is 4.29. The zero-order valence-electron chi connectivity index (χ0n) is 13.6. The standard InChI is InChI=1S/C19H24N2OS/c1-13-4-2-3-5-18(13)19-20-10-17(23-19)11-21-15-6-7-16(21)9-14(8-15)12-22/h2-5,10,14-16,22H,6-9,11-12H2,1H3/t14?,15-,16+. The van der Waals surface area contributed by atoms with Crippen molar-refractivity contribution in [3.05, 3.63) is 40.9 Å². The maximum Gasteiger partial charge on any atom is 0.123 e. The van der Waals surface area contributed by atoms with Crippen molar-refractivity contribution in [1.29, 1.82) is 0 Å². The summed E-state index contributed by atoms with van der Waals surface area (Å²) in [5.41, 5.74) is 2.54. The molecule has 2 aliphatic rings. The molecule has 2 bridgehead atoms. The zero-order chi connectivity index (χ0) is 15.8.